The Bertz CT molecular complexity index is 795. The molecule has 0 radical (unpaired) electrons. The highest BCUT2D eigenvalue weighted by atomic mass is 32.2. The summed E-state index contributed by atoms with van der Waals surface area (Å²) in [5.41, 5.74) is 5.13. The third-order valence-corrected chi connectivity index (χ3v) is 6.71. The molecule has 1 saturated heterocycles. The standard InChI is InChI=1S/C16H20N2O2S/c1-18-6-4-14-13-3-2-11(12-9-21(19,20)10-12)8-16(13)17-15(14)5-7-18/h2-3,8,12,17H,4-7,9-10H2,1H3. The first-order valence-corrected chi connectivity index (χ1v) is 9.36. The molecule has 112 valence electrons. The number of fused-ring (bicyclic) bond motifs is 3. The van der Waals surface area contributed by atoms with Crippen molar-refractivity contribution in [1.82, 2.24) is 9.88 Å². The van der Waals surface area contributed by atoms with Gasteiger partial charge in [-0.1, -0.05) is 12.1 Å². The lowest BCUT2D eigenvalue weighted by molar-refractivity contribution is 0.352. The number of aromatic nitrogens is 1. The van der Waals surface area contributed by atoms with Gasteiger partial charge in [0.25, 0.3) is 0 Å². The molecule has 4 nitrogen and oxygen atoms in total. The van der Waals surface area contributed by atoms with Gasteiger partial charge in [0, 0.05) is 42.0 Å². The maximum Gasteiger partial charge on any atom is 0.151 e. The number of sulfone groups is 1. The Morgan fingerprint density at radius 1 is 1.19 bits per heavy atom. The fourth-order valence-corrected chi connectivity index (χ4v) is 5.07. The summed E-state index contributed by atoms with van der Waals surface area (Å²) in [5.74, 6) is 0.807. The van der Waals surface area contributed by atoms with Gasteiger partial charge in [0.1, 0.15) is 0 Å². The topological polar surface area (TPSA) is 53.2 Å². The Kier molecular flexibility index (Phi) is 2.91. The number of hydrogen-bond donors (Lipinski definition) is 1. The Morgan fingerprint density at radius 2 is 1.95 bits per heavy atom. The molecule has 2 aliphatic rings. The minimum absolute atomic E-state index is 0.189. The van der Waals surface area contributed by atoms with Crippen LogP contribution in [0.25, 0.3) is 10.9 Å². The molecule has 21 heavy (non-hydrogen) atoms. The average molecular weight is 304 g/mol. The first kappa shape index (κ1) is 13.3. The van der Waals surface area contributed by atoms with Crippen molar-refractivity contribution in [3.8, 4) is 0 Å². The first-order chi connectivity index (χ1) is 10.0. The molecule has 0 spiro atoms. The zero-order valence-electron chi connectivity index (χ0n) is 12.2. The third-order valence-electron chi connectivity index (χ3n) is 4.89. The van der Waals surface area contributed by atoms with Crippen LogP contribution in [0.15, 0.2) is 18.2 Å². The summed E-state index contributed by atoms with van der Waals surface area (Å²) in [7, 11) is -0.591. The van der Waals surface area contributed by atoms with Crippen LogP contribution in [-0.2, 0) is 22.7 Å². The van der Waals surface area contributed by atoms with E-state index < -0.39 is 9.84 Å². The van der Waals surface area contributed by atoms with Gasteiger partial charge in [0.05, 0.1) is 11.5 Å². The Morgan fingerprint density at radius 3 is 2.71 bits per heavy atom. The van der Waals surface area contributed by atoms with Crippen LogP contribution in [-0.4, -0.2) is 49.9 Å². The number of hydrogen-bond acceptors (Lipinski definition) is 3. The van der Waals surface area contributed by atoms with E-state index in [9.17, 15) is 8.42 Å². The number of nitrogens with zero attached hydrogens (tertiary/aromatic N) is 1. The maximum atomic E-state index is 11.3. The van der Waals surface area contributed by atoms with Crippen LogP contribution in [0.4, 0.5) is 0 Å². The first-order valence-electron chi connectivity index (χ1n) is 7.54. The SMILES string of the molecule is CN1CCc2[nH]c3cc(C4CS(=O)(=O)C4)ccc3c2CC1. The second kappa shape index (κ2) is 4.58. The van der Waals surface area contributed by atoms with E-state index in [-0.39, 0.29) is 5.92 Å². The molecule has 0 unspecified atom stereocenters. The van der Waals surface area contributed by atoms with Crippen LogP contribution < -0.4 is 0 Å². The molecule has 0 aliphatic carbocycles. The summed E-state index contributed by atoms with van der Waals surface area (Å²) >= 11 is 0. The lowest BCUT2D eigenvalue weighted by atomic mass is 9.99. The van der Waals surface area contributed by atoms with Crippen LogP contribution in [0, 0.1) is 0 Å². The van der Waals surface area contributed by atoms with Gasteiger partial charge in [0.15, 0.2) is 9.84 Å². The molecule has 4 rings (SSSR count). The number of rotatable bonds is 1. The van der Waals surface area contributed by atoms with Gasteiger partial charge in [-0.15, -0.1) is 0 Å². The molecule has 1 fully saturated rings. The minimum Gasteiger partial charge on any atom is -0.358 e. The van der Waals surface area contributed by atoms with Gasteiger partial charge in [0.2, 0.25) is 0 Å². The number of benzene rings is 1. The number of aromatic amines is 1. The van der Waals surface area contributed by atoms with E-state index in [1.165, 1.54) is 22.2 Å². The van der Waals surface area contributed by atoms with Crippen molar-refractivity contribution in [2.75, 3.05) is 31.6 Å². The lowest BCUT2D eigenvalue weighted by Crippen LogP contribution is -2.34. The summed E-state index contributed by atoms with van der Waals surface area (Å²) in [4.78, 5) is 5.93. The van der Waals surface area contributed by atoms with Gasteiger partial charge in [-0.05, 0) is 30.7 Å². The number of likely N-dealkylation sites (N-methyl/N-ethyl adjacent to an activating group) is 1. The van der Waals surface area contributed by atoms with Gasteiger partial charge >= 0.3 is 0 Å². The van der Waals surface area contributed by atoms with Crippen molar-refractivity contribution >= 4 is 20.7 Å². The summed E-state index contributed by atoms with van der Waals surface area (Å²) in [6, 6.07) is 6.45. The van der Waals surface area contributed by atoms with Crippen LogP contribution in [0.5, 0.6) is 0 Å². The van der Waals surface area contributed by atoms with Gasteiger partial charge in [-0.2, -0.15) is 0 Å². The molecule has 1 aromatic heterocycles. The van der Waals surface area contributed by atoms with Crippen molar-refractivity contribution in [3.63, 3.8) is 0 Å². The second-order valence-corrected chi connectivity index (χ2v) is 8.62. The van der Waals surface area contributed by atoms with Crippen LogP contribution in [0.2, 0.25) is 0 Å². The van der Waals surface area contributed by atoms with Gasteiger partial charge in [-0.25, -0.2) is 8.42 Å². The highest BCUT2D eigenvalue weighted by molar-refractivity contribution is 7.92. The van der Waals surface area contributed by atoms with Crippen molar-refractivity contribution in [1.29, 1.82) is 0 Å². The predicted molar refractivity (Wildman–Crippen MR) is 84.6 cm³/mol. The van der Waals surface area contributed by atoms with Gasteiger partial charge < -0.3 is 9.88 Å². The van der Waals surface area contributed by atoms with E-state index in [1.807, 2.05) is 0 Å². The summed E-state index contributed by atoms with van der Waals surface area (Å²) in [6.07, 6.45) is 2.15. The molecule has 2 aliphatic heterocycles. The van der Waals surface area contributed by atoms with Crippen LogP contribution in [0.3, 0.4) is 0 Å². The quantitative estimate of drug-likeness (QED) is 0.872. The van der Waals surface area contributed by atoms with Crippen molar-refractivity contribution in [2.24, 2.45) is 0 Å². The largest absolute Gasteiger partial charge is 0.358 e. The molecular weight excluding hydrogens is 284 g/mol. The Labute approximate surface area is 125 Å². The minimum atomic E-state index is -2.76. The molecule has 0 amide bonds. The highest BCUT2D eigenvalue weighted by Gasteiger charge is 2.34. The molecular formula is C16H20N2O2S. The molecule has 1 aromatic carbocycles. The van der Waals surface area contributed by atoms with Crippen molar-refractivity contribution < 1.29 is 8.42 Å². The smallest absolute Gasteiger partial charge is 0.151 e. The monoisotopic (exact) mass is 304 g/mol. The Hall–Kier alpha value is -1.33. The summed E-state index contributed by atoms with van der Waals surface area (Å²) < 4.78 is 22.7. The molecule has 0 bridgehead atoms. The van der Waals surface area contributed by atoms with E-state index in [0.29, 0.717) is 11.5 Å². The number of H-pyrrole nitrogens is 1. The second-order valence-electron chi connectivity index (χ2n) is 6.46. The van der Waals surface area contributed by atoms with Crippen LogP contribution >= 0.6 is 0 Å². The summed E-state index contributed by atoms with van der Waals surface area (Å²) in [5, 5.41) is 1.31. The van der Waals surface area contributed by atoms with E-state index in [2.05, 4.69) is 35.1 Å². The molecule has 1 N–H and O–H groups in total. The van der Waals surface area contributed by atoms with E-state index >= 15 is 0 Å². The van der Waals surface area contributed by atoms with E-state index in [1.54, 1.807) is 0 Å². The van der Waals surface area contributed by atoms with Crippen LogP contribution in [0.1, 0.15) is 22.7 Å². The molecule has 0 saturated carbocycles. The lowest BCUT2D eigenvalue weighted by Gasteiger charge is -2.26. The van der Waals surface area contributed by atoms with E-state index in [0.717, 1.165) is 31.5 Å². The van der Waals surface area contributed by atoms with Gasteiger partial charge in [-0.3, -0.25) is 0 Å². The fourth-order valence-electron chi connectivity index (χ4n) is 3.56. The Balaban J connectivity index is 1.71. The molecule has 0 atom stereocenters. The third kappa shape index (κ3) is 2.28. The van der Waals surface area contributed by atoms with E-state index in [4.69, 9.17) is 0 Å². The average Bonchev–Trinajstić information content (AvgIpc) is 2.66. The number of nitrogens with one attached hydrogen (secondary N) is 1. The zero-order valence-corrected chi connectivity index (χ0v) is 13.0. The zero-order chi connectivity index (χ0) is 14.6. The van der Waals surface area contributed by atoms with Crippen molar-refractivity contribution in [3.05, 3.63) is 35.0 Å². The summed E-state index contributed by atoms with van der Waals surface area (Å²) in [6.45, 7) is 2.19. The van der Waals surface area contributed by atoms with Crippen molar-refractivity contribution in [2.45, 2.75) is 18.8 Å². The normalized spacial score (nSPS) is 22.7. The molecule has 2 aromatic rings. The predicted octanol–water partition coefficient (Wildman–Crippen LogP) is 1.71. The highest BCUT2D eigenvalue weighted by Crippen LogP contribution is 2.33. The maximum absolute atomic E-state index is 11.3. The molecule has 3 heterocycles. The molecule has 5 heteroatoms. The fraction of sp³-hybridized carbons (Fsp3) is 0.500.